The number of methoxy groups -OCH3 is 2. The van der Waals surface area contributed by atoms with Crippen LogP contribution in [-0.4, -0.2) is 45.3 Å². The molecule has 1 heterocycles. The Morgan fingerprint density at radius 3 is 2.23 bits per heavy atom. The van der Waals surface area contributed by atoms with Crippen LogP contribution in [0.15, 0.2) is 28.7 Å². The van der Waals surface area contributed by atoms with Crippen LogP contribution < -0.4 is 14.8 Å². The molecule has 0 aliphatic carbocycles. The molecule has 2 rings (SSSR count). The van der Waals surface area contributed by atoms with Crippen LogP contribution in [0.4, 0.5) is 5.88 Å². The van der Waals surface area contributed by atoms with E-state index in [0.29, 0.717) is 17.1 Å². The number of hydrogen-bond donors (Lipinski definition) is 1. The molecular formula is C22H25NO8. The molecule has 2 aromatic rings. The van der Waals surface area contributed by atoms with Gasteiger partial charge in [-0.15, -0.1) is 0 Å². The minimum atomic E-state index is -0.809. The lowest BCUT2D eigenvalue weighted by molar-refractivity contribution is -0.111. The Hall–Kier alpha value is -3.75. The summed E-state index contributed by atoms with van der Waals surface area (Å²) < 4.78 is 25.9. The van der Waals surface area contributed by atoms with Crippen LogP contribution in [0.1, 0.15) is 45.9 Å². The van der Waals surface area contributed by atoms with Gasteiger partial charge >= 0.3 is 11.9 Å². The molecule has 9 nitrogen and oxygen atoms in total. The van der Waals surface area contributed by atoms with Gasteiger partial charge in [0.25, 0.3) is 5.91 Å². The summed E-state index contributed by atoms with van der Waals surface area (Å²) in [7, 11) is 3.03. The molecule has 0 bridgehead atoms. The average molecular weight is 431 g/mol. The molecule has 9 heteroatoms. The predicted octanol–water partition coefficient (Wildman–Crippen LogP) is 3.61. The minimum absolute atomic E-state index is 0.0776. The molecule has 31 heavy (non-hydrogen) atoms. The Morgan fingerprint density at radius 1 is 1.00 bits per heavy atom. The van der Waals surface area contributed by atoms with Crippen molar-refractivity contribution in [2.45, 2.75) is 20.8 Å². The van der Waals surface area contributed by atoms with Crippen LogP contribution in [0.2, 0.25) is 0 Å². The minimum Gasteiger partial charge on any atom is -0.497 e. The maximum atomic E-state index is 12.5. The first-order valence-corrected chi connectivity index (χ1v) is 9.54. The fourth-order valence-corrected chi connectivity index (χ4v) is 2.77. The van der Waals surface area contributed by atoms with E-state index >= 15 is 0 Å². The summed E-state index contributed by atoms with van der Waals surface area (Å²) >= 11 is 0. The van der Waals surface area contributed by atoms with E-state index in [2.05, 4.69) is 5.32 Å². The quantitative estimate of drug-likeness (QED) is 0.473. The summed E-state index contributed by atoms with van der Waals surface area (Å²) in [5, 5.41) is 2.47. The highest BCUT2D eigenvalue weighted by atomic mass is 16.5. The molecule has 1 aromatic carbocycles. The van der Waals surface area contributed by atoms with E-state index in [1.165, 1.54) is 33.3 Å². The monoisotopic (exact) mass is 431 g/mol. The van der Waals surface area contributed by atoms with E-state index in [0.717, 1.165) is 0 Å². The Balaban J connectivity index is 2.34. The largest absolute Gasteiger partial charge is 0.497 e. The van der Waals surface area contributed by atoms with E-state index in [1.807, 2.05) is 0 Å². The van der Waals surface area contributed by atoms with Crippen molar-refractivity contribution in [2.75, 3.05) is 32.8 Å². The zero-order valence-electron chi connectivity index (χ0n) is 18.1. The molecule has 0 fully saturated rings. The third kappa shape index (κ3) is 5.65. The van der Waals surface area contributed by atoms with Crippen molar-refractivity contribution in [3.63, 3.8) is 0 Å². The molecule has 1 N–H and O–H groups in total. The van der Waals surface area contributed by atoms with Gasteiger partial charge in [-0.05, 0) is 45.0 Å². The first-order chi connectivity index (χ1) is 14.9. The second kappa shape index (κ2) is 10.9. The molecule has 0 saturated carbocycles. The molecule has 0 aliphatic rings. The topological polar surface area (TPSA) is 113 Å². The second-order valence-corrected chi connectivity index (χ2v) is 6.11. The van der Waals surface area contributed by atoms with Gasteiger partial charge in [0.2, 0.25) is 5.88 Å². The van der Waals surface area contributed by atoms with Crippen LogP contribution in [0.25, 0.3) is 6.08 Å². The highest BCUT2D eigenvalue weighted by Crippen LogP contribution is 2.29. The van der Waals surface area contributed by atoms with Gasteiger partial charge in [-0.25, -0.2) is 9.59 Å². The molecule has 166 valence electrons. The number of ether oxygens (including phenoxy) is 4. The van der Waals surface area contributed by atoms with E-state index in [4.69, 9.17) is 23.4 Å². The molecule has 1 amide bonds. The number of aryl methyl sites for hydroxylation is 1. The standard InChI is InChI=1S/C22H25NO8/c1-6-29-21(25)18-13(3)31-20(19(18)22(26)30-7-2)23-17(24)11-8-14-12-15(27-4)9-10-16(14)28-5/h8-12H,6-7H2,1-5H3,(H,23,24)/b11-8+. The van der Waals surface area contributed by atoms with Gasteiger partial charge < -0.3 is 23.4 Å². The number of furan rings is 1. The van der Waals surface area contributed by atoms with Crippen LogP contribution in [0.5, 0.6) is 11.5 Å². The van der Waals surface area contributed by atoms with Crippen LogP contribution in [-0.2, 0) is 14.3 Å². The number of rotatable bonds is 9. The van der Waals surface area contributed by atoms with Crippen molar-refractivity contribution >= 4 is 29.8 Å². The third-order valence-electron chi connectivity index (χ3n) is 4.13. The molecule has 0 saturated heterocycles. The highest BCUT2D eigenvalue weighted by molar-refractivity contribution is 6.11. The van der Waals surface area contributed by atoms with Gasteiger partial charge in [0.1, 0.15) is 28.4 Å². The average Bonchev–Trinajstić information content (AvgIpc) is 3.07. The van der Waals surface area contributed by atoms with Gasteiger partial charge in [-0.3, -0.25) is 10.1 Å². The fourth-order valence-electron chi connectivity index (χ4n) is 2.77. The second-order valence-electron chi connectivity index (χ2n) is 6.11. The zero-order valence-corrected chi connectivity index (χ0v) is 18.1. The van der Waals surface area contributed by atoms with Gasteiger partial charge in [0, 0.05) is 11.6 Å². The van der Waals surface area contributed by atoms with E-state index in [1.54, 1.807) is 32.0 Å². The Labute approximate surface area is 179 Å². The summed E-state index contributed by atoms with van der Waals surface area (Å²) in [5.41, 5.74) is 0.318. The Morgan fingerprint density at radius 2 is 1.65 bits per heavy atom. The summed E-state index contributed by atoms with van der Waals surface area (Å²) in [4.78, 5) is 37.2. The van der Waals surface area contributed by atoms with Gasteiger partial charge in [-0.2, -0.15) is 0 Å². The lowest BCUT2D eigenvalue weighted by atomic mass is 10.1. The fraction of sp³-hybridized carbons (Fsp3) is 0.318. The van der Waals surface area contributed by atoms with Gasteiger partial charge in [0.15, 0.2) is 0 Å². The molecule has 0 aliphatic heterocycles. The number of carbonyl (C=O) groups is 3. The first kappa shape index (κ1) is 23.5. The number of anilines is 1. The Bertz CT molecular complexity index is 990. The van der Waals surface area contributed by atoms with Crippen molar-refractivity contribution < 1.29 is 37.7 Å². The zero-order chi connectivity index (χ0) is 23.0. The molecular weight excluding hydrogens is 406 g/mol. The van der Waals surface area contributed by atoms with E-state index in [-0.39, 0.29) is 36.0 Å². The van der Waals surface area contributed by atoms with Gasteiger partial charge in [-0.1, -0.05) is 0 Å². The lowest BCUT2D eigenvalue weighted by Crippen LogP contribution is -2.16. The molecule has 0 atom stereocenters. The highest BCUT2D eigenvalue weighted by Gasteiger charge is 2.31. The van der Waals surface area contributed by atoms with Crippen molar-refractivity contribution in [1.82, 2.24) is 0 Å². The van der Waals surface area contributed by atoms with Crippen molar-refractivity contribution in [3.8, 4) is 11.5 Å². The van der Waals surface area contributed by atoms with Crippen molar-refractivity contribution in [3.05, 3.63) is 46.7 Å². The lowest BCUT2D eigenvalue weighted by Gasteiger charge is -2.07. The van der Waals surface area contributed by atoms with E-state index < -0.39 is 17.8 Å². The number of carbonyl (C=O) groups excluding carboxylic acids is 3. The summed E-state index contributed by atoms with van der Waals surface area (Å²) in [6.45, 7) is 4.93. The van der Waals surface area contributed by atoms with Crippen LogP contribution >= 0.6 is 0 Å². The van der Waals surface area contributed by atoms with Gasteiger partial charge in [0.05, 0.1) is 27.4 Å². The normalized spacial score (nSPS) is 10.6. The number of esters is 2. The number of amides is 1. The molecule has 0 spiro atoms. The predicted molar refractivity (Wildman–Crippen MR) is 113 cm³/mol. The smallest absolute Gasteiger partial charge is 0.344 e. The number of nitrogens with one attached hydrogen (secondary N) is 1. The number of benzene rings is 1. The Kier molecular flexibility index (Phi) is 8.25. The molecule has 0 unspecified atom stereocenters. The summed E-state index contributed by atoms with van der Waals surface area (Å²) in [6.07, 6.45) is 2.75. The van der Waals surface area contributed by atoms with Crippen molar-refractivity contribution in [1.29, 1.82) is 0 Å². The maximum absolute atomic E-state index is 12.5. The van der Waals surface area contributed by atoms with Crippen LogP contribution in [0.3, 0.4) is 0 Å². The third-order valence-corrected chi connectivity index (χ3v) is 4.13. The SMILES string of the molecule is CCOC(=O)c1c(C)oc(NC(=O)/C=C/c2cc(OC)ccc2OC)c1C(=O)OCC. The molecule has 1 aromatic heterocycles. The van der Waals surface area contributed by atoms with Crippen molar-refractivity contribution in [2.24, 2.45) is 0 Å². The summed E-state index contributed by atoms with van der Waals surface area (Å²) in [6, 6.07) is 5.13. The molecule has 0 radical (unpaired) electrons. The van der Waals surface area contributed by atoms with E-state index in [9.17, 15) is 14.4 Å². The first-order valence-electron chi connectivity index (χ1n) is 9.54. The van der Waals surface area contributed by atoms with Crippen LogP contribution in [0, 0.1) is 6.92 Å². The number of hydrogen-bond acceptors (Lipinski definition) is 8. The summed E-state index contributed by atoms with van der Waals surface area (Å²) in [5.74, 6) is -1.11. The maximum Gasteiger partial charge on any atom is 0.344 e.